The van der Waals surface area contributed by atoms with E-state index in [1.54, 1.807) is 0 Å². The number of nitrogens with zero attached hydrogens (tertiary/aromatic N) is 2. The van der Waals surface area contributed by atoms with E-state index in [2.05, 4.69) is 225 Å². The molecule has 1 aliphatic rings. The van der Waals surface area contributed by atoms with Gasteiger partial charge in [-0.25, -0.2) is 0 Å². The van der Waals surface area contributed by atoms with Gasteiger partial charge in [-0.05, 0) is 143 Å². The van der Waals surface area contributed by atoms with Gasteiger partial charge in [0.25, 0.3) is 0 Å². The lowest BCUT2D eigenvalue weighted by molar-refractivity contribution is 0.590. The summed E-state index contributed by atoms with van der Waals surface area (Å²) >= 11 is 0. The van der Waals surface area contributed by atoms with E-state index in [4.69, 9.17) is 0 Å². The third-order valence-corrected chi connectivity index (χ3v) is 15.5. The molecule has 66 heavy (non-hydrogen) atoms. The Hall–Kier alpha value is -6.64. The molecule has 2 heteroatoms. The van der Waals surface area contributed by atoms with Crippen molar-refractivity contribution in [2.75, 3.05) is 0 Å². The number of hydrogen-bond acceptors (Lipinski definition) is 0. The molecule has 4 heterocycles. The molecule has 0 amide bonds. The van der Waals surface area contributed by atoms with Crippen LogP contribution in [-0.2, 0) is 21.7 Å². The quantitative estimate of drug-likeness (QED) is 0.144. The van der Waals surface area contributed by atoms with E-state index < -0.39 is 0 Å². The van der Waals surface area contributed by atoms with E-state index in [1.807, 2.05) is 0 Å². The molecule has 2 nitrogen and oxygen atoms in total. The van der Waals surface area contributed by atoms with Gasteiger partial charge < -0.3 is 8.80 Å². The van der Waals surface area contributed by atoms with E-state index in [9.17, 15) is 0 Å². The molecule has 0 saturated heterocycles. The summed E-state index contributed by atoms with van der Waals surface area (Å²) in [6.45, 7) is 28.5. The van der Waals surface area contributed by atoms with E-state index in [0.29, 0.717) is 0 Å². The van der Waals surface area contributed by atoms with Crippen LogP contribution < -0.4 is 0 Å². The number of aromatic nitrogens is 2. The number of hydrogen-bond donors (Lipinski definition) is 0. The Bertz CT molecular complexity index is 4060. The molecule has 0 aliphatic heterocycles. The van der Waals surface area contributed by atoms with E-state index in [1.165, 1.54) is 143 Å². The zero-order valence-corrected chi connectivity index (χ0v) is 40.6. The Labute approximate surface area is 388 Å². The maximum atomic E-state index is 2.70. The number of fused-ring (bicyclic) bond motifs is 21. The average Bonchev–Trinajstić information content (AvgIpc) is 3.99. The average molecular weight is 855 g/mol. The number of rotatable bonds is 0. The Morgan fingerprint density at radius 2 is 0.652 bits per heavy atom. The van der Waals surface area contributed by atoms with E-state index >= 15 is 0 Å². The van der Waals surface area contributed by atoms with Gasteiger partial charge in [0, 0.05) is 43.1 Å². The number of benzene rings is 8. The van der Waals surface area contributed by atoms with Crippen molar-refractivity contribution in [3.05, 3.63) is 156 Å². The first-order chi connectivity index (χ1) is 31.3. The maximum absolute atomic E-state index is 2.70. The van der Waals surface area contributed by atoms with Crippen LogP contribution in [0, 0.1) is 0 Å². The molecular weight excluding hydrogens is 797 g/mol. The molecular formula is C64H58N2. The van der Waals surface area contributed by atoms with Crippen molar-refractivity contribution in [2.24, 2.45) is 0 Å². The standard InChI is InChI=1S/C64H58N2/c1-61(2,3)35-25-26-54-46(27-35)48-28-36(62(4,5)6)30-50-51-33-53(64(10,11)12)60-56(59(51)65(54)57(48)50)52-31-37(63(7,8)9)29-49-47-32-44-42-23-17-15-21-40(42)38-19-13-14-20-39(38)41-22-16-18-24-43(41)45(44)34-55(47)66(60)58(49)52/h13-34H,1-12H3. The van der Waals surface area contributed by atoms with Crippen LogP contribution in [0.15, 0.2) is 133 Å². The van der Waals surface area contributed by atoms with Crippen molar-refractivity contribution in [1.82, 2.24) is 8.80 Å². The second kappa shape index (κ2) is 12.6. The van der Waals surface area contributed by atoms with Gasteiger partial charge in [0.1, 0.15) is 0 Å². The normalized spacial score (nSPS) is 13.8. The minimum atomic E-state index is -0.155. The Kier molecular flexibility index (Phi) is 7.59. The highest BCUT2D eigenvalue weighted by Crippen LogP contribution is 2.54. The molecule has 12 aromatic rings. The molecule has 0 fully saturated rings. The minimum absolute atomic E-state index is 0.0181. The zero-order valence-electron chi connectivity index (χ0n) is 40.6. The predicted molar refractivity (Wildman–Crippen MR) is 286 cm³/mol. The molecule has 0 spiro atoms. The predicted octanol–water partition coefficient (Wildman–Crippen LogP) is 18.2. The van der Waals surface area contributed by atoms with Crippen LogP contribution in [0.3, 0.4) is 0 Å². The van der Waals surface area contributed by atoms with Crippen molar-refractivity contribution in [2.45, 2.75) is 105 Å². The van der Waals surface area contributed by atoms with Crippen molar-refractivity contribution >= 4 is 76.2 Å². The molecule has 13 rings (SSSR count). The third-order valence-electron chi connectivity index (χ3n) is 15.5. The summed E-state index contributed by atoms with van der Waals surface area (Å²) in [5.41, 5.74) is 23.4. The molecule has 4 aromatic heterocycles. The van der Waals surface area contributed by atoms with Gasteiger partial charge in [-0.1, -0.05) is 162 Å². The van der Waals surface area contributed by atoms with Crippen molar-refractivity contribution in [3.8, 4) is 44.5 Å². The highest BCUT2D eigenvalue weighted by atomic mass is 15.0. The SMILES string of the molecule is CC(C)(C)c1ccc2c(c1)c1cc(C(C)(C)C)cc3c4cc(C(C)(C)C)c5c(c6cc(C(C)(C)C)cc7c8cc9c(cc8n5c76)-c5ccccc5-c5ccccc5-c5ccccc5-9)c4n2c13. The molecule has 324 valence electrons. The Morgan fingerprint density at radius 1 is 0.273 bits per heavy atom. The fourth-order valence-corrected chi connectivity index (χ4v) is 12.0. The maximum Gasteiger partial charge on any atom is 0.0642 e. The van der Waals surface area contributed by atoms with Gasteiger partial charge in [0.15, 0.2) is 0 Å². The summed E-state index contributed by atoms with van der Waals surface area (Å²) in [4.78, 5) is 0. The third kappa shape index (κ3) is 5.19. The van der Waals surface area contributed by atoms with Gasteiger partial charge in [-0.15, -0.1) is 0 Å². The smallest absolute Gasteiger partial charge is 0.0642 e. The Morgan fingerprint density at radius 3 is 1.14 bits per heavy atom. The van der Waals surface area contributed by atoms with Crippen LogP contribution in [0.2, 0.25) is 0 Å². The van der Waals surface area contributed by atoms with Crippen molar-refractivity contribution in [1.29, 1.82) is 0 Å². The summed E-state index contributed by atoms with van der Waals surface area (Å²) in [6.07, 6.45) is 0. The van der Waals surface area contributed by atoms with Crippen LogP contribution >= 0.6 is 0 Å². The molecule has 0 N–H and O–H groups in total. The van der Waals surface area contributed by atoms with Gasteiger partial charge in [0.05, 0.1) is 33.1 Å². The van der Waals surface area contributed by atoms with Crippen LogP contribution in [0.25, 0.3) is 121 Å². The van der Waals surface area contributed by atoms with Crippen LogP contribution in [0.4, 0.5) is 0 Å². The lowest BCUT2D eigenvalue weighted by atomic mass is 9.80. The van der Waals surface area contributed by atoms with Crippen LogP contribution in [-0.4, -0.2) is 8.80 Å². The molecule has 0 atom stereocenters. The second-order valence-corrected chi connectivity index (χ2v) is 23.8. The van der Waals surface area contributed by atoms with E-state index in [-0.39, 0.29) is 21.7 Å². The Balaban J connectivity index is 1.29. The fourth-order valence-electron chi connectivity index (χ4n) is 12.0. The zero-order chi connectivity index (χ0) is 45.7. The molecule has 0 unspecified atom stereocenters. The highest BCUT2D eigenvalue weighted by molar-refractivity contribution is 6.35. The fraction of sp³-hybridized carbons (Fsp3) is 0.250. The molecule has 8 aromatic carbocycles. The highest BCUT2D eigenvalue weighted by Gasteiger charge is 2.33. The van der Waals surface area contributed by atoms with Gasteiger partial charge in [0.2, 0.25) is 0 Å². The summed E-state index contributed by atoms with van der Waals surface area (Å²) in [6, 6.07) is 52.3. The summed E-state index contributed by atoms with van der Waals surface area (Å²) < 4.78 is 5.37. The molecule has 1 aliphatic carbocycles. The van der Waals surface area contributed by atoms with Crippen LogP contribution in [0.1, 0.15) is 105 Å². The second-order valence-electron chi connectivity index (χ2n) is 23.8. The van der Waals surface area contributed by atoms with Gasteiger partial charge in [-0.2, -0.15) is 0 Å². The largest absolute Gasteiger partial charge is 0.308 e. The molecule has 0 saturated carbocycles. The first-order valence-corrected chi connectivity index (χ1v) is 24.1. The lowest BCUT2D eigenvalue weighted by Crippen LogP contribution is -2.12. The summed E-state index contributed by atoms with van der Waals surface area (Å²) in [5, 5.41) is 10.8. The van der Waals surface area contributed by atoms with Crippen molar-refractivity contribution in [3.63, 3.8) is 0 Å². The summed E-state index contributed by atoms with van der Waals surface area (Å²) in [5.74, 6) is 0. The summed E-state index contributed by atoms with van der Waals surface area (Å²) in [7, 11) is 0. The monoisotopic (exact) mass is 854 g/mol. The van der Waals surface area contributed by atoms with Gasteiger partial charge >= 0.3 is 0 Å². The van der Waals surface area contributed by atoms with E-state index in [0.717, 1.165) is 0 Å². The lowest BCUT2D eigenvalue weighted by Gasteiger charge is -2.24. The first-order valence-electron chi connectivity index (χ1n) is 24.1. The molecule has 0 radical (unpaired) electrons. The first kappa shape index (κ1) is 39.7. The molecule has 0 bridgehead atoms. The van der Waals surface area contributed by atoms with Crippen LogP contribution in [0.5, 0.6) is 0 Å². The van der Waals surface area contributed by atoms with Gasteiger partial charge in [-0.3, -0.25) is 0 Å². The topological polar surface area (TPSA) is 8.82 Å². The minimum Gasteiger partial charge on any atom is -0.308 e. The van der Waals surface area contributed by atoms with Crippen molar-refractivity contribution < 1.29 is 0 Å².